The van der Waals surface area contributed by atoms with Crippen molar-refractivity contribution in [1.29, 1.82) is 5.26 Å². The van der Waals surface area contributed by atoms with E-state index in [1.54, 1.807) is 31.3 Å². The highest BCUT2D eigenvalue weighted by molar-refractivity contribution is 7.99. The van der Waals surface area contributed by atoms with Gasteiger partial charge in [-0.25, -0.2) is 0 Å². The lowest BCUT2D eigenvalue weighted by molar-refractivity contribution is -0.122. The van der Waals surface area contributed by atoms with Crippen LogP contribution in [0, 0.1) is 35.5 Å². The van der Waals surface area contributed by atoms with Gasteiger partial charge < -0.3 is 20.7 Å². The second-order valence-electron chi connectivity index (χ2n) is 7.50. The van der Waals surface area contributed by atoms with Crippen molar-refractivity contribution >= 4 is 29.3 Å². The van der Waals surface area contributed by atoms with Crippen LogP contribution in [0.25, 0.3) is 0 Å². The summed E-state index contributed by atoms with van der Waals surface area (Å²) in [6.45, 7) is 10.1. The van der Waals surface area contributed by atoms with Gasteiger partial charge in [-0.05, 0) is 50.3 Å². The van der Waals surface area contributed by atoms with Gasteiger partial charge in [-0.3, -0.25) is 9.59 Å². The molecule has 1 rings (SSSR count). The molecule has 0 aliphatic rings. The molecule has 37 heavy (non-hydrogen) atoms. The Bertz CT molecular complexity index is 1010. The number of nitrogens with one attached hydrogen (secondary N) is 3. The second-order valence-corrected chi connectivity index (χ2v) is 8.91. The number of amides is 2. The van der Waals surface area contributed by atoms with Crippen molar-refractivity contribution in [3.63, 3.8) is 0 Å². The summed E-state index contributed by atoms with van der Waals surface area (Å²) in [6, 6.07) is 9.23. The predicted octanol–water partition coefficient (Wildman–Crippen LogP) is 4.65. The Morgan fingerprint density at radius 3 is 2.65 bits per heavy atom. The number of benzene rings is 1. The van der Waals surface area contributed by atoms with Crippen LogP contribution in [0.4, 0.5) is 5.69 Å². The Hall–Kier alpha value is -3.80. The third-order valence-electron chi connectivity index (χ3n) is 4.49. The number of nitriles is 1. The fourth-order valence-electron chi connectivity index (χ4n) is 2.77. The summed E-state index contributed by atoms with van der Waals surface area (Å²) < 4.78 is 5.35. The molecule has 1 unspecified atom stereocenters. The number of carbonyl (C=O) groups is 2. The maximum absolute atomic E-state index is 11.6. The minimum absolute atomic E-state index is 0.0249. The van der Waals surface area contributed by atoms with Crippen LogP contribution < -0.4 is 20.7 Å². The second kappa shape index (κ2) is 22.7. The summed E-state index contributed by atoms with van der Waals surface area (Å²) in [6.07, 6.45) is 12.5. The van der Waals surface area contributed by atoms with Crippen molar-refractivity contribution in [3.8, 4) is 36.0 Å². The maximum atomic E-state index is 11.6. The molecule has 0 bridgehead atoms. The van der Waals surface area contributed by atoms with E-state index >= 15 is 0 Å². The number of allylic oxidation sites excluding steroid dienone is 1. The van der Waals surface area contributed by atoms with Gasteiger partial charge in [-0.1, -0.05) is 50.8 Å². The van der Waals surface area contributed by atoms with Crippen LogP contribution in [0.15, 0.2) is 48.7 Å². The number of thioether (sulfide) groups is 1. The van der Waals surface area contributed by atoms with Crippen molar-refractivity contribution in [2.24, 2.45) is 0 Å². The molecule has 1 atom stereocenters. The number of anilines is 1. The molecule has 0 saturated carbocycles. The van der Waals surface area contributed by atoms with Gasteiger partial charge in [0.05, 0.1) is 13.1 Å². The summed E-state index contributed by atoms with van der Waals surface area (Å²) in [5, 5.41) is 17.5. The molecule has 0 radical (unpaired) electrons. The molecule has 0 saturated heterocycles. The standard InChI is InChI=1S/C15H22N2OS.C14H16N2O2/c1-4-7-14(19-11-6-3)9-8-13(12-16)15(18)17-10-5-2;1-3-5-9-16-14(17)11-18-13-8-6-7-12(10-13)15-4-2/h2,8,14H,4,6-7,9-11H2,1,3H3,(H,17,18);4,6-8,10,15H,2,9,11H2,1H3,(H,16,17). The van der Waals surface area contributed by atoms with E-state index in [0.717, 1.165) is 37.1 Å². The van der Waals surface area contributed by atoms with Crippen LogP contribution in [0.2, 0.25) is 0 Å². The topological polar surface area (TPSA) is 103 Å². The summed E-state index contributed by atoms with van der Waals surface area (Å²) in [4.78, 5) is 23.0. The molecular weight excluding hydrogens is 484 g/mol. The van der Waals surface area contributed by atoms with Crippen LogP contribution >= 0.6 is 11.8 Å². The lowest BCUT2D eigenvalue weighted by atomic mass is 10.1. The van der Waals surface area contributed by atoms with E-state index in [1.165, 1.54) is 0 Å². The fraction of sp³-hybridized carbons (Fsp3) is 0.414. The molecule has 0 fully saturated rings. The van der Waals surface area contributed by atoms with Crippen LogP contribution in [0.5, 0.6) is 5.75 Å². The van der Waals surface area contributed by atoms with Crippen molar-refractivity contribution in [1.82, 2.24) is 10.6 Å². The van der Waals surface area contributed by atoms with Gasteiger partial charge in [-0.15, -0.1) is 12.3 Å². The highest BCUT2D eigenvalue weighted by atomic mass is 32.2. The van der Waals surface area contributed by atoms with E-state index in [0.29, 0.717) is 17.5 Å². The normalized spacial score (nSPS) is 10.6. The quantitative estimate of drug-likeness (QED) is 0.176. The smallest absolute Gasteiger partial charge is 0.262 e. The predicted molar refractivity (Wildman–Crippen MR) is 154 cm³/mol. The third-order valence-corrected chi connectivity index (χ3v) is 6.04. The number of hydrogen-bond donors (Lipinski definition) is 3. The SMILES string of the molecule is C#CCNC(=O)C(C#N)=CCC(CCC)SCCC.C=CNc1cccc(OCC(=O)NCC#CC)c1. The van der Waals surface area contributed by atoms with Gasteiger partial charge in [0.1, 0.15) is 17.4 Å². The summed E-state index contributed by atoms with van der Waals surface area (Å²) in [5.74, 6) is 8.92. The van der Waals surface area contributed by atoms with Crippen molar-refractivity contribution in [2.75, 3.05) is 30.8 Å². The molecule has 0 heterocycles. The average molecular weight is 523 g/mol. The van der Waals surface area contributed by atoms with Gasteiger partial charge in [0, 0.05) is 17.0 Å². The number of rotatable bonds is 15. The molecule has 198 valence electrons. The van der Waals surface area contributed by atoms with Crippen molar-refractivity contribution in [3.05, 3.63) is 48.7 Å². The molecule has 0 aliphatic carbocycles. The van der Waals surface area contributed by atoms with Crippen LogP contribution in [0.3, 0.4) is 0 Å². The highest BCUT2D eigenvalue weighted by Crippen LogP contribution is 2.22. The number of nitrogens with zero attached hydrogens (tertiary/aromatic N) is 1. The number of terminal acetylenes is 1. The minimum Gasteiger partial charge on any atom is -0.484 e. The molecule has 7 nitrogen and oxygen atoms in total. The number of carbonyl (C=O) groups excluding carboxylic acids is 2. The maximum Gasteiger partial charge on any atom is 0.262 e. The number of ether oxygens (including phenoxy) is 1. The van der Waals surface area contributed by atoms with E-state index < -0.39 is 0 Å². The lowest BCUT2D eigenvalue weighted by Gasteiger charge is -2.13. The van der Waals surface area contributed by atoms with Crippen LogP contribution in [-0.2, 0) is 9.59 Å². The first-order chi connectivity index (χ1) is 17.9. The van der Waals surface area contributed by atoms with Crippen molar-refractivity contribution in [2.45, 2.75) is 51.7 Å². The Balaban J connectivity index is 0.000000701. The monoisotopic (exact) mass is 522 g/mol. The molecular formula is C29H38N4O3S. The minimum atomic E-state index is -0.379. The Kier molecular flexibility index (Phi) is 20.3. The average Bonchev–Trinajstić information content (AvgIpc) is 2.90. The Morgan fingerprint density at radius 2 is 2.03 bits per heavy atom. The molecule has 2 amide bonds. The summed E-state index contributed by atoms with van der Waals surface area (Å²) in [5.41, 5.74) is 1.02. The van der Waals surface area contributed by atoms with Crippen LogP contribution in [-0.4, -0.2) is 42.5 Å². The van der Waals surface area contributed by atoms with Gasteiger partial charge in [0.15, 0.2) is 6.61 Å². The molecule has 0 aliphatic heterocycles. The molecule has 3 N–H and O–H groups in total. The zero-order valence-electron chi connectivity index (χ0n) is 22.1. The highest BCUT2D eigenvalue weighted by Gasteiger charge is 2.11. The first-order valence-electron chi connectivity index (χ1n) is 12.2. The Morgan fingerprint density at radius 1 is 1.24 bits per heavy atom. The van der Waals surface area contributed by atoms with E-state index in [2.05, 4.69) is 54.1 Å². The van der Waals surface area contributed by atoms with E-state index in [1.807, 2.05) is 30.0 Å². The molecule has 0 aromatic heterocycles. The number of hydrogen-bond acceptors (Lipinski definition) is 6. The van der Waals surface area contributed by atoms with E-state index in [-0.39, 0.29) is 30.5 Å². The molecule has 0 spiro atoms. The van der Waals surface area contributed by atoms with E-state index in [4.69, 9.17) is 16.4 Å². The zero-order chi connectivity index (χ0) is 27.7. The van der Waals surface area contributed by atoms with Gasteiger partial charge in [0.2, 0.25) is 0 Å². The van der Waals surface area contributed by atoms with Crippen LogP contribution in [0.1, 0.15) is 46.5 Å². The molecule has 1 aromatic rings. The van der Waals surface area contributed by atoms with Gasteiger partial charge in [-0.2, -0.15) is 17.0 Å². The first-order valence-corrected chi connectivity index (χ1v) is 13.2. The van der Waals surface area contributed by atoms with Gasteiger partial charge >= 0.3 is 0 Å². The van der Waals surface area contributed by atoms with Crippen molar-refractivity contribution < 1.29 is 14.3 Å². The fourth-order valence-corrected chi connectivity index (χ4v) is 3.97. The van der Waals surface area contributed by atoms with Gasteiger partial charge in [0.25, 0.3) is 11.8 Å². The Labute approximate surface area is 226 Å². The third kappa shape index (κ3) is 17.3. The zero-order valence-corrected chi connectivity index (χ0v) is 22.9. The summed E-state index contributed by atoms with van der Waals surface area (Å²) in [7, 11) is 0. The largest absolute Gasteiger partial charge is 0.484 e. The lowest BCUT2D eigenvalue weighted by Crippen LogP contribution is -2.29. The molecule has 8 heteroatoms. The summed E-state index contributed by atoms with van der Waals surface area (Å²) >= 11 is 1.91. The van der Waals surface area contributed by atoms with E-state index in [9.17, 15) is 9.59 Å². The molecule has 1 aromatic carbocycles. The first kappa shape index (κ1) is 33.2.